The Bertz CT molecular complexity index is 303. The van der Waals surface area contributed by atoms with Crippen LogP contribution in [0.25, 0.3) is 0 Å². The van der Waals surface area contributed by atoms with Gasteiger partial charge in [-0.25, -0.2) is 0 Å². The topological polar surface area (TPSA) is 26.0 Å². The van der Waals surface area contributed by atoms with Crippen LogP contribution in [0, 0.1) is 0 Å². The summed E-state index contributed by atoms with van der Waals surface area (Å²) in [7, 11) is 0. The highest BCUT2D eigenvalue weighted by molar-refractivity contribution is 9.10. The van der Waals surface area contributed by atoms with Gasteiger partial charge in [0.05, 0.1) is 0 Å². The van der Waals surface area contributed by atoms with E-state index in [1.807, 2.05) is 0 Å². The van der Waals surface area contributed by atoms with Crippen molar-refractivity contribution in [3.05, 3.63) is 34.3 Å². The second-order valence-electron chi connectivity index (χ2n) is 2.54. The molecule has 0 bridgehead atoms. The maximum atomic E-state index is 12.2. The second kappa shape index (κ2) is 5.00. The highest BCUT2D eigenvalue weighted by Crippen LogP contribution is 2.33. The van der Waals surface area contributed by atoms with Crippen molar-refractivity contribution < 1.29 is 13.2 Å². The summed E-state index contributed by atoms with van der Waals surface area (Å²) in [4.78, 5) is 0. The molecule has 0 saturated heterocycles. The molecule has 0 amide bonds. The first-order valence-corrected chi connectivity index (χ1v) is 4.29. The molecule has 14 heavy (non-hydrogen) atoms. The van der Waals surface area contributed by atoms with E-state index < -0.39 is 12.2 Å². The van der Waals surface area contributed by atoms with Gasteiger partial charge in [0.1, 0.15) is 6.04 Å². The normalized spacial score (nSPS) is 13.2. The Morgan fingerprint density at radius 3 is 2.14 bits per heavy atom. The van der Waals surface area contributed by atoms with Crippen molar-refractivity contribution in [3.8, 4) is 0 Å². The zero-order valence-corrected chi connectivity index (χ0v) is 9.29. The lowest BCUT2D eigenvalue weighted by Gasteiger charge is -2.16. The van der Waals surface area contributed by atoms with Crippen molar-refractivity contribution in [1.82, 2.24) is 0 Å². The van der Waals surface area contributed by atoms with Gasteiger partial charge < -0.3 is 5.73 Å². The monoisotopic (exact) mass is 289 g/mol. The minimum atomic E-state index is -4.40. The van der Waals surface area contributed by atoms with Crippen LogP contribution in [0.4, 0.5) is 13.2 Å². The summed E-state index contributed by atoms with van der Waals surface area (Å²) in [6.45, 7) is 0. The van der Waals surface area contributed by atoms with Crippen molar-refractivity contribution in [3.63, 3.8) is 0 Å². The summed E-state index contributed by atoms with van der Waals surface area (Å²) in [5.41, 5.74) is 5.07. The Hall–Kier alpha value is -0.260. The Morgan fingerprint density at radius 2 is 1.71 bits per heavy atom. The molecule has 0 aliphatic carbocycles. The quantitative estimate of drug-likeness (QED) is 0.842. The van der Waals surface area contributed by atoms with Crippen LogP contribution in [-0.2, 0) is 0 Å². The number of hydrogen-bond donors (Lipinski definition) is 1. The van der Waals surface area contributed by atoms with E-state index in [1.54, 1.807) is 6.07 Å². The zero-order chi connectivity index (χ0) is 10.1. The lowest BCUT2D eigenvalue weighted by molar-refractivity contribution is -0.149. The van der Waals surface area contributed by atoms with Crippen LogP contribution < -0.4 is 5.73 Å². The first-order valence-electron chi connectivity index (χ1n) is 3.49. The van der Waals surface area contributed by atoms with Crippen LogP contribution in [0.3, 0.4) is 0 Å². The average Bonchev–Trinajstić information content (AvgIpc) is 2.02. The van der Waals surface area contributed by atoms with Gasteiger partial charge in [-0.05, 0) is 11.6 Å². The molecule has 6 heteroatoms. The summed E-state index contributed by atoms with van der Waals surface area (Å²) < 4.78 is 36.9. The number of hydrogen-bond acceptors (Lipinski definition) is 1. The molecule has 0 aliphatic rings. The molecule has 0 heterocycles. The summed E-state index contributed by atoms with van der Waals surface area (Å²) in [6.07, 6.45) is -4.40. The lowest BCUT2D eigenvalue weighted by Crippen LogP contribution is -2.28. The standard InChI is InChI=1S/C8H7BrF3N.ClH/c9-6-4-2-1-3-5(6)7(13)8(10,11)12;/h1-4,7H,13H2;1H/t7-;/m0./s1. The fourth-order valence-corrected chi connectivity index (χ4v) is 1.44. The Labute approximate surface area is 94.0 Å². The Kier molecular flexibility index (Phi) is 4.91. The first kappa shape index (κ1) is 13.7. The van der Waals surface area contributed by atoms with Crippen LogP contribution in [0.2, 0.25) is 0 Å². The predicted octanol–water partition coefficient (Wildman–Crippen LogP) is 3.43. The molecule has 0 aromatic heterocycles. The van der Waals surface area contributed by atoms with Crippen LogP contribution in [0.5, 0.6) is 0 Å². The van der Waals surface area contributed by atoms with E-state index in [1.165, 1.54) is 18.2 Å². The molecule has 2 N–H and O–H groups in total. The summed E-state index contributed by atoms with van der Waals surface area (Å²) in [6, 6.07) is 4.11. The second-order valence-corrected chi connectivity index (χ2v) is 3.40. The molecule has 1 aromatic rings. The molecule has 0 unspecified atom stereocenters. The Balaban J connectivity index is 0.00000169. The molecule has 1 rings (SSSR count). The smallest absolute Gasteiger partial charge is 0.316 e. The maximum absolute atomic E-state index is 12.2. The van der Waals surface area contributed by atoms with Crippen molar-refractivity contribution in [2.45, 2.75) is 12.2 Å². The van der Waals surface area contributed by atoms with Crippen LogP contribution in [-0.4, -0.2) is 6.18 Å². The van der Waals surface area contributed by atoms with Crippen molar-refractivity contribution >= 4 is 28.3 Å². The fraction of sp³-hybridized carbons (Fsp3) is 0.250. The van der Waals surface area contributed by atoms with E-state index in [0.717, 1.165) is 0 Å². The molecule has 0 fully saturated rings. The minimum absolute atomic E-state index is 0. The van der Waals surface area contributed by atoms with E-state index in [9.17, 15) is 13.2 Å². The number of nitrogens with two attached hydrogens (primary N) is 1. The van der Waals surface area contributed by atoms with Crippen LogP contribution in [0.1, 0.15) is 11.6 Å². The largest absolute Gasteiger partial charge is 0.407 e. The first-order chi connectivity index (χ1) is 5.93. The van der Waals surface area contributed by atoms with E-state index in [4.69, 9.17) is 5.73 Å². The van der Waals surface area contributed by atoms with Gasteiger partial charge in [-0.1, -0.05) is 34.1 Å². The van der Waals surface area contributed by atoms with Crippen molar-refractivity contribution in [1.29, 1.82) is 0 Å². The highest BCUT2D eigenvalue weighted by Gasteiger charge is 2.38. The Morgan fingerprint density at radius 1 is 1.21 bits per heavy atom. The third kappa shape index (κ3) is 3.15. The molecular formula is C8H8BrClF3N. The van der Waals surface area contributed by atoms with E-state index in [2.05, 4.69) is 15.9 Å². The molecule has 0 spiro atoms. The summed E-state index contributed by atoms with van der Waals surface area (Å²) in [5, 5.41) is 0. The van der Waals surface area contributed by atoms with E-state index >= 15 is 0 Å². The van der Waals surface area contributed by atoms with E-state index in [-0.39, 0.29) is 18.0 Å². The molecule has 0 saturated carbocycles. The molecule has 80 valence electrons. The third-order valence-corrected chi connectivity index (χ3v) is 2.32. The van der Waals surface area contributed by atoms with E-state index in [0.29, 0.717) is 4.47 Å². The molecule has 0 radical (unpaired) electrons. The number of halogens is 5. The van der Waals surface area contributed by atoms with Gasteiger partial charge in [0.25, 0.3) is 0 Å². The lowest BCUT2D eigenvalue weighted by atomic mass is 10.1. The number of benzene rings is 1. The summed E-state index contributed by atoms with van der Waals surface area (Å²) in [5.74, 6) is 0. The summed E-state index contributed by atoms with van der Waals surface area (Å²) >= 11 is 3.01. The van der Waals surface area contributed by atoms with Gasteiger partial charge in [-0.2, -0.15) is 13.2 Å². The predicted molar refractivity (Wildman–Crippen MR) is 54.4 cm³/mol. The fourth-order valence-electron chi connectivity index (χ4n) is 0.904. The van der Waals surface area contributed by atoms with Gasteiger partial charge in [0.2, 0.25) is 0 Å². The van der Waals surface area contributed by atoms with Crippen molar-refractivity contribution in [2.24, 2.45) is 5.73 Å². The molecule has 0 aliphatic heterocycles. The number of alkyl halides is 3. The molecule has 1 aromatic carbocycles. The van der Waals surface area contributed by atoms with Gasteiger partial charge in [-0.3, -0.25) is 0 Å². The maximum Gasteiger partial charge on any atom is 0.407 e. The van der Waals surface area contributed by atoms with Gasteiger partial charge in [0, 0.05) is 4.47 Å². The van der Waals surface area contributed by atoms with Crippen LogP contribution >= 0.6 is 28.3 Å². The van der Waals surface area contributed by atoms with Crippen LogP contribution in [0.15, 0.2) is 28.7 Å². The zero-order valence-electron chi connectivity index (χ0n) is 6.88. The van der Waals surface area contributed by atoms with Gasteiger partial charge in [0.15, 0.2) is 0 Å². The van der Waals surface area contributed by atoms with Gasteiger partial charge in [-0.15, -0.1) is 12.4 Å². The third-order valence-electron chi connectivity index (χ3n) is 1.59. The number of rotatable bonds is 1. The molecule has 1 nitrogen and oxygen atoms in total. The molecular weight excluding hydrogens is 282 g/mol. The minimum Gasteiger partial charge on any atom is -0.316 e. The SMILES string of the molecule is Cl.N[C@@H](c1ccccc1Br)C(F)(F)F. The highest BCUT2D eigenvalue weighted by atomic mass is 79.9. The molecule has 1 atom stereocenters. The van der Waals surface area contributed by atoms with Crippen molar-refractivity contribution in [2.75, 3.05) is 0 Å². The van der Waals surface area contributed by atoms with Gasteiger partial charge >= 0.3 is 6.18 Å². The average molecular weight is 291 g/mol.